The number of rotatable bonds is 4. The van der Waals surface area contributed by atoms with Crippen LogP contribution in [0.3, 0.4) is 0 Å². The van der Waals surface area contributed by atoms with Crippen LogP contribution >= 0.6 is 0 Å². The molecule has 4 rings (SSSR count). The molecule has 116 valence electrons. The summed E-state index contributed by atoms with van der Waals surface area (Å²) in [6, 6.07) is 7.42. The molecule has 0 atom stereocenters. The largest absolute Gasteiger partial charge is 0.463 e. The maximum absolute atomic E-state index is 11.9. The molecule has 1 amide bonds. The maximum atomic E-state index is 11.9. The third-order valence-electron chi connectivity index (χ3n) is 3.82. The number of carbonyl (C=O) groups excluding carboxylic acids is 1. The molecule has 6 heteroatoms. The molecule has 1 saturated carbocycles. The lowest BCUT2D eigenvalue weighted by Crippen LogP contribution is -2.14. The number of pyridine rings is 1. The Kier molecular flexibility index (Phi) is 3.22. The minimum atomic E-state index is 0.0408. The van der Waals surface area contributed by atoms with Crippen molar-refractivity contribution < 1.29 is 9.21 Å². The summed E-state index contributed by atoms with van der Waals surface area (Å²) in [5, 5.41) is 2.86. The molecule has 1 fully saturated rings. The molecule has 3 aromatic rings. The Bertz CT molecular complexity index is 847. The van der Waals surface area contributed by atoms with Gasteiger partial charge in [-0.05, 0) is 44.0 Å². The fourth-order valence-electron chi connectivity index (χ4n) is 2.52. The molecule has 2 N–H and O–H groups in total. The molecule has 3 heterocycles. The van der Waals surface area contributed by atoms with Crippen molar-refractivity contribution in [3.63, 3.8) is 0 Å². The number of amides is 1. The number of aryl methyl sites for hydroxylation is 1. The molecule has 0 saturated heterocycles. The van der Waals surface area contributed by atoms with E-state index in [1.54, 1.807) is 12.5 Å². The zero-order valence-corrected chi connectivity index (χ0v) is 12.7. The molecule has 0 spiro atoms. The molecule has 0 unspecified atom stereocenters. The summed E-state index contributed by atoms with van der Waals surface area (Å²) in [5.74, 6) is 2.25. The van der Waals surface area contributed by atoms with Crippen LogP contribution in [0.1, 0.15) is 18.7 Å². The van der Waals surface area contributed by atoms with Crippen LogP contribution in [-0.2, 0) is 4.79 Å². The van der Waals surface area contributed by atoms with Crippen molar-refractivity contribution in [2.45, 2.75) is 19.8 Å². The number of aromatic nitrogens is 3. The van der Waals surface area contributed by atoms with Gasteiger partial charge in [0.1, 0.15) is 17.3 Å². The highest BCUT2D eigenvalue weighted by Gasteiger charge is 2.29. The molecule has 6 nitrogen and oxygen atoms in total. The van der Waals surface area contributed by atoms with Gasteiger partial charge in [-0.25, -0.2) is 9.97 Å². The Morgan fingerprint density at radius 2 is 2.26 bits per heavy atom. The summed E-state index contributed by atoms with van der Waals surface area (Å²) in [4.78, 5) is 23.9. The molecule has 0 radical (unpaired) electrons. The highest BCUT2D eigenvalue weighted by Crippen LogP contribution is 2.32. The van der Waals surface area contributed by atoms with Gasteiger partial charge in [-0.3, -0.25) is 4.79 Å². The van der Waals surface area contributed by atoms with Crippen molar-refractivity contribution in [2.75, 3.05) is 5.32 Å². The van der Waals surface area contributed by atoms with E-state index in [1.165, 1.54) is 0 Å². The first-order valence-electron chi connectivity index (χ1n) is 7.58. The Labute approximate surface area is 133 Å². The lowest BCUT2D eigenvalue weighted by atomic mass is 10.1. The van der Waals surface area contributed by atoms with E-state index < -0.39 is 0 Å². The smallest absolute Gasteiger partial charge is 0.228 e. The fourth-order valence-corrected chi connectivity index (χ4v) is 2.52. The van der Waals surface area contributed by atoms with E-state index >= 15 is 0 Å². The molecular formula is C17H16N4O2. The number of carbonyl (C=O) groups is 1. The van der Waals surface area contributed by atoms with E-state index in [0.29, 0.717) is 5.82 Å². The number of furan rings is 1. The standard InChI is InChI=1S/C17H16N4O2/c1-10-19-15(16(20-10)13-3-2-8-23-13)12-6-7-18-14(9-12)21-17(22)11-4-5-11/h2-3,6-9,11H,4-5H2,1H3,(H,19,20)(H,18,21,22). The Hall–Kier alpha value is -2.89. The van der Waals surface area contributed by atoms with E-state index in [0.717, 1.165) is 41.4 Å². The van der Waals surface area contributed by atoms with Crippen molar-refractivity contribution in [1.82, 2.24) is 15.0 Å². The van der Waals surface area contributed by atoms with Gasteiger partial charge in [0.15, 0.2) is 5.76 Å². The molecule has 1 aliphatic carbocycles. The van der Waals surface area contributed by atoms with Gasteiger partial charge in [0.2, 0.25) is 5.91 Å². The second-order valence-corrected chi connectivity index (χ2v) is 5.72. The number of imidazole rings is 1. The molecule has 0 aromatic carbocycles. The number of hydrogen-bond donors (Lipinski definition) is 2. The average molecular weight is 308 g/mol. The van der Waals surface area contributed by atoms with Crippen molar-refractivity contribution in [3.8, 4) is 22.7 Å². The van der Waals surface area contributed by atoms with Crippen molar-refractivity contribution in [2.24, 2.45) is 5.92 Å². The summed E-state index contributed by atoms with van der Waals surface area (Å²) in [6.45, 7) is 1.90. The highest BCUT2D eigenvalue weighted by atomic mass is 16.3. The topological polar surface area (TPSA) is 83.8 Å². The monoisotopic (exact) mass is 308 g/mol. The lowest BCUT2D eigenvalue weighted by molar-refractivity contribution is -0.117. The number of nitrogens with one attached hydrogen (secondary N) is 2. The van der Waals surface area contributed by atoms with E-state index in [1.807, 2.05) is 31.2 Å². The van der Waals surface area contributed by atoms with E-state index in [9.17, 15) is 4.79 Å². The van der Waals surface area contributed by atoms with Gasteiger partial charge in [-0.15, -0.1) is 0 Å². The molecule has 3 aromatic heterocycles. The molecule has 0 bridgehead atoms. The van der Waals surface area contributed by atoms with Crippen LogP contribution in [0.25, 0.3) is 22.7 Å². The van der Waals surface area contributed by atoms with Crippen LogP contribution in [0.15, 0.2) is 41.1 Å². The van der Waals surface area contributed by atoms with Crippen molar-refractivity contribution >= 4 is 11.7 Å². The first-order valence-corrected chi connectivity index (χ1v) is 7.58. The zero-order chi connectivity index (χ0) is 15.8. The van der Waals surface area contributed by atoms with Gasteiger partial charge in [0.05, 0.1) is 12.0 Å². The van der Waals surface area contributed by atoms with Crippen LogP contribution < -0.4 is 5.32 Å². The van der Waals surface area contributed by atoms with Gasteiger partial charge >= 0.3 is 0 Å². The van der Waals surface area contributed by atoms with Gasteiger partial charge in [0.25, 0.3) is 0 Å². The fraction of sp³-hybridized carbons (Fsp3) is 0.235. The first kappa shape index (κ1) is 13.8. The number of hydrogen-bond acceptors (Lipinski definition) is 4. The Morgan fingerprint density at radius 1 is 1.39 bits per heavy atom. The van der Waals surface area contributed by atoms with Crippen LogP contribution in [0, 0.1) is 12.8 Å². The van der Waals surface area contributed by atoms with Gasteiger partial charge in [0, 0.05) is 17.7 Å². The first-order chi connectivity index (χ1) is 11.2. The summed E-state index contributed by atoms with van der Waals surface area (Å²) in [5.41, 5.74) is 2.47. The number of nitrogens with zero attached hydrogens (tertiary/aromatic N) is 2. The lowest BCUT2D eigenvalue weighted by Gasteiger charge is -2.05. The maximum Gasteiger partial charge on any atom is 0.228 e. The average Bonchev–Trinajstić information content (AvgIpc) is 3.12. The minimum Gasteiger partial charge on any atom is -0.463 e. The third-order valence-corrected chi connectivity index (χ3v) is 3.82. The Balaban J connectivity index is 1.69. The van der Waals surface area contributed by atoms with Gasteiger partial charge in [-0.1, -0.05) is 0 Å². The molecular weight excluding hydrogens is 292 g/mol. The summed E-state index contributed by atoms with van der Waals surface area (Å²) in [6.07, 6.45) is 5.23. The van der Waals surface area contributed by atoms with Crippen LogP contribution in [0.4, 0.5) is 5.82 Å². The third kappa shape index (κ3) is 2.75. The minimum absolute atomic E-state index is 0.0408. The summed E-state index contributed by atoms with van der Waals surface area (Å²) >= 11 is 0. The predicted octanol–water partition coefficient (Wildman–Crippen LogP) is 3.39. The van der Waals surface area contributed by atoms with E-state index in [-0.39, 0.29) is 11.8 Å². The van der Waals surface area contributed by atoms with Gasteiger partial charge in [-0.2, -0.15) is 0 Å². The van der Waals surface area contributed by atoms with Crippen molar-refractivity contribution in [3.05, 3.63) is 42.5 Å². The summed E-state index contributed by atoms with van der Waals surface area (Å²) < 4.78 is 5.47. The van der Waals surface area contributed by atoms with Crippen LogP contribution in [0.5, 0.6) is 0 Å². The quantitative estimate of drug-likeness (QED) is 0.774. The second-order valence-electron chi connectivity index (χ2n) is 5.72. The molecule has 23 heavy (non-hydrogen) atoms. The summed E-state index contributed by atoms with van der Waals surface area (Å²) in [7, 11) is 0. The molecule has 0 aliphatic heterocycles. The SMILES string of the molecule is Cc1nc(-c2ccnc(NC(=O)C3CC3)c2)c(-c2ccco2)[nH]1. The molecule has 1 aliphatic rings. The number of H-pyrrole nitrogens is 1. The normalized spacial score (nSPS) is 14.0. The van der Waals surface area contributed by atoms with E-state index in [4.69, 9.17) is 4.42 Å². The number of anilines is 1. The van der Waals surface area contributed by atoms with E-state index in [2.05, 4.69) is 20.3 Å². The zero-order valence-electron chi connectivity index (χ0n) is 12.7. The number of aromatic amines is 1. The second kappa shape index (κ2) is 5.39. The van der Waals surface area contributed by atoms with Crippen LogP contribution in [0.2, 0.25) is 0 Å². The Morgan fingerprint density at radius 3 is 3.00 bits per heavy atom. The predicted molar refractivity (Wildman–Crippen MR) is 85.6 cm³/mol. The van der Waals surface area contributed by atoms with Gasteiger partial charge < -0.3 is 14.7 Å². The van der Waals surface area contributed by atoms with Crippen molar-refractivity contribution in [1.29, 1.82) is 0 Å². The van der Waals surface area contributed by atoms with Crippen LogP contribution in [-0.4, -0.2) is 20.9 Å². The highest BCUT2D eigenvalue weighted by molar-refractivity contribution is 5.93.